The Hall–Kier alpha value is -4.88. The second-order valence-electron chi connectivity index (χ2n) is 9.52. The lowest BCUT2D eigenvalue weighted by Crippen LogP contribution is -2.09. The molecule has 1 nitrogen and oxygen atoms in total. The van der Waals surface area contributed by atoms with E-state index in [1.807, 2.05) is 0 Å². The molecule has 6 aromatic rings. The van der Waals surface area contributed by atoms with Gasteiger partial charge in [0.05, 0.1) is 0 Å². The molecular weight excluding hydrogens is 458 g/mol. The van der Waals surface area contributed by atoms with Gasteiger partial charge in [-0.25, -0.2) is 0 Å². The van der Waals surface area contributed by atoms with Crippen LogP contribution in [0.3, 0.4) is 0 Å². The smallest absolute Gasteiger partial charge is 0.0462 e. The number of hydrogen-bond donors (Lipinski definition) is 0. The van der Waals surface area contributed by atoms with Gasteiger partial charge < -0.3 is 4.90 Å². The average Bonchev–Trinajstić information content (AvgIpc) is 3.00. The van der Waals surface area contributed by atoms with E-state index in [2.05, 4.69) is 170 Å². The van der Waals surface area contributed by atoms with Crippen LogP contribution in [0.2, 0.25) is 0 Å². The van der Waals surface area contributed by atoms with Crippen LogP contribution in [-0.4, -0.2) is 0 Å². The number of aryl methyl sites for hydroxylation is 1. The van der Waals surface area contributed by atoms with E-state index < -0.39 is 0 Å². The molecule has 0 saturated carbocycles. The van der Waals surface area contributed by atoms with Gasteiger partial charge in [0.15, 0.2) is 0 Å². The maximum atomic E-state index is 2.32. The van der Waals surface area contributed by atoms with E-state index in [0.29, 0.717) is 0 Å². The molecule has 38 heavy (non-hydrogen) atoms. The van der Waals surface area contributed by atoms with Gasteiger partial charge in [0.1, 0.15) is 0 Å². The molecule has 6 aromatic carbocycles. The first-order valence-electron chi connectivity index (χ1n) is 13.0. The van der Waals surface area contributed by atoms with Crippen molar-refractivity contribution in [1.29, 1.82) is 0 Å². The number of benzene rings is 6. The van der Waals surface area contributed by atoms with Crippen molar-refractivity contribution >= 4 is 17.1 Å². The molecule has 0 aliphatic carbocycles. The summed E-state index contributed by atoms with van der Waals surface area (Å²) in [7, 11) is 0. The van der Waals surface area contributed by atoms with Gasteiger partial charge in [0.25, 0.3) is 0 Å². The third-order valence-corrected chi connectivity index (χ3v) is 7.05. The van der Waals surface area contributed by atoms with E-state index in [0.717, 1.165) is 17.1 Å². The first kappa shape index (κ1) is 23.5. The molecule has 0 atom stereocenters. The highest BCUT2D eigenvalue weighted by molar-refractivity contribution is 5.81. The maximum absolute atomic E-state index is 2.32. The van der Waals surface area contributed by atoms with Crippen LogP contribution in [0.5, 0.6) is 0 Å². The minimum absolute atomic E-state index is 1.13. The standard InChI is InChI=1S/C37H29N/c1-28-10-8-9-15-37(28)33-20-26-36(27-21-33)38(34-22-16-31(17-23-34)29-11-4-2-5-12-29)35-24-18-32(19-25-35)30-13-6-3-7-14-30/h2-27H,1H3. The molecule has 0 spiro atoms. The monoisotopic (exact) mass is 487 g/mol. The zero-order chi connectivity index (χ0) is 25.7. The van der Waals surface area contributed by atoms with Crippen LogP contribution < -0.4 is 4.90 Å². The van der Waals surface area contributed by atoms with Gasteiger partial charge in [0, 0.05) is 17.1 Å². The minimum atomic E-state index is 1.13. The van der Waals surface area contributed by atoms with Gasteiger partial charge in [-0.05, 0) is 82.3 Å². The van der Waals surface area contributed by atoms with Crippen LogP contribution in [0, 0.1) is 6.92 Å². The van der Waals surface area contributed by atoms with Crippen molar-refractivity contribution in [3.05, 3.63) is 163 Å². The van der Waals surface area contributed by atoms with Crippen molar-refractivity contribution in [1.82, 2.24) is 0 Å². The molecule has 0 saturated heterocycles. The Bertz CT molecular complexity index is 1530. The van der Waals surface area contributed by atoms with Crippen molar-refractivity contribution in [2.75, 3.05) is 4.90 Å². The Morgan fingerprint density at radius 2 is 0.658 bits per heavy atom. The van der Waals surface area contributed by atoms with Crippen molar-refractivity contribution < 1.29 is 0 Å². The van der Waals surface area contributed by atoms with E-state index >= 15 is 0 Å². The van der Waals surface area contributed by atoms with Crippen LogP contribution in [-0.2, 0) is 0 Å². The van der Waals surface area contributed by atoms with E-state index in [-0.39, 0.29) is 0 Å². The predicted molar refractivity (Wildman–Crippen MR) is 162 cm³/mol. The number of hydrogen-bond acceptors (Lipinski definition) is 1. The Kier molecular flexibility index (Phi) is 6.57. The fourth-order valence-corrected chi connectivity index (χ4v) is 5.00. The second-order valence-corrected chi connectivity index (χ2v) is 9.52. The van der Waals surface area contributed by atoms with E-state index in [4.69, 9.17) is 0 Å². The molecule has 0 aliphatic rings. The molecule has 0 aromatic heterocycles. The molecule has 0 N–H and O–H groups in total. The molecule has 182 valence electrons. The highest BCUT2D eigenvalue weighted by Crippen LogP contribution is 2.37. The summed E-state index contributed by atoms with van der Waals surface area (Å²) in [6.07, 6.45) is 0. The second kappa shape index (κ2) is 10.6. The summed E-state index contributed by atoms with van der Waals surface area (Å²) in [4.78, 5) is 2.32. The van der Waals surface area contributed by atoms with Crippen molar-refractivity contribution in [2.24, 2.45) is 0 Å². The predicted octanol–water partition coefficient (Wildman–Crippen LogP) is 10.5. The molecule has 0 unspecified atom stereocenters. The zero-order valence-corrected chi connectivity index (χ0v) is 21.5. The lowest BCUT2D eigenvalue weighted by Gasteiger charge is -2.26. The van der Waals surface area contributed by atoms with Gasteiger partial charge in [-0.2, -0.15) is 0 Å². The first-order valence-corrected chi connectivity index (χ1v) is 13.0. The molecule has 1 heteroatoms. The topological polar surface area (TPSA) is 3.24 Å². The Morgan fingerprint density at radius 3 is 1.08 bits per heavy atom. The number of anilines is 3. The van der Waals surface area contributed by atoms with Crippen LogP contribution >= 0.6 is 0 Å². The number of rotatable bonds is 6. The number of nitrogens with zero attached hydrogens (tertiary/aromatic N) is 1. The summed E-state index contributed by atoms with van der Waals surface area (Å²) >= 11 is 0. The van der Waals surface area contributed by atoms with Crippen LogP contribution in [0.15, 0.2) is 158 Å². The molecule has 0 aliphatic heterocycles. The zero-order valence-electron chi connectivity index (χ0n) is 21.5. The first-order chi connectivity index (χ1) is 18.8. The lowest BCUT2D eigenvalue weighted by molar-refractivity contribution is 1.28. The summed E-state index contributed by atoms with van der Waals surface area (Å²) in [5.74, 6) is 0. The Morgan fingerprint density at radius 1 is 0.316 bits per heavy atom. The summed E-state index contributed by atoms with van der Waals surface area (Å²) in [6, 6.07) is 56.2. The largest absolute Gasteiger partial charge is 0.311 e. The highest BCUT2D eigenvalue weighted by Gasteiger charge is 2.14. The Balaban J connectivity index is 1.39. The van der Waals surface area contributed by atoms with E-state index in [9.17, 15) is 0 Å². The summed E-state index contributed by atoms with van der Waals surface area (Å²) in [5.41, 5.74) is 12.0. The third kappa shape index (κ3) is 4.87. The Labute approximate surface area is 225 Å². The van der Waals surface area contributed by atoms with Gasteiger partial charge in [0.2, 0.25) is 0 Å². The summed E-state index contributed by atoms with van der Waals surface area (Å²) in [5, 5.41) is 0. The van der Waals surface area contributed by atoms with Crippen LogP contribution in [0.4, 0.5) is 17.1 Å². The molecule has 0 amide bonds. The minimum Gasteiger partial charge on any atom is -0.311 e. The van der Waals surface area contributed by atoms with Crippen molar-refractivity contribution in [3.8, 4) is 33.4 Å². The highest BCUT2D eigenvalue weighted by atomic mass is 15.1. The van der Waals surface area contributed by atoms with Crippen LogP contribution in [0.25, 0.3) is 33.4 Å². The van der Waals surface area contributed by atoms with Crippen LogP contribution in [0.1, 0.15) is 5.56 Å². The van der Waals surface area contributed by atoms with E-state index in [1.54, 1.807) is 0 Å². The van der Waals surface area contributed by atoms with Crippen molar-refractivity contribution in [3.63, 3.8) is 0 Å². The summed E-state index contributed by atoms with van der Waals surface area (Å²) < 4.78 is 0. The quantitative estimate of drug-likeness (QED) is 0.226. The lowest BCUT2D eigenvalue weighted by atomic mass is 10.00. The normalized spacial score (nSPS) is 10.8. The average molecular weight is 488 g/mol. The van der Waals surface area contributed by atoms with Gasteiger partial charge >= 0.3 is 0 Å². The molecule has 0 fully saturated rings. The SMILES string of the molecule is Cc1ccccc1-c1ccc(N(c2ccc(-c3ccccc3)cc2)c2ccc(-c3ccccc3)cc2)cc1. The maximum Gasteiger partial charge on any atom is 0.0462 e. The van der Waals surface area contributed by atoms with Gasteiger partial charge in [-0.1, -0.05) is 121 Å². The van der Waals surface area contributed by atoms with E-state index in [1.165, 1.54) is 38.9 Å². The van der Waals surface area contributed by atoms with Crippen molar-refractivity contribution in [2.45, 2.75) is 6.92 Å². The molecule has 0 radical (unpaired) electrons. The fourth-order valence-electron chi connectivity index (χ4n) is 5.00. The fraction of sp³-hybridized carbons (Fsp3) is 0.0270. The molecule has 0 heterocycles. The van der Waals surface area contributed by atoms with Gasteiger partial charge in [-0.3, -0.25) is 0 Å². The molecule has 0 bridgehead atoms. The molecule has 6 rings (SSSR count). The van der Waals surface area contributed by atoms with Gasteiger partial charge in [-0.15, -0.1) is 0 Å². The summed E-state index contributed by atoms with van der Waals surface area (Å²) in [6.45, 7) is 2.16. The third-order valence-electron chi connectivity index (χ3n) is 7.05. The molecular formula is C37H29N.